The minimum atomic E-state index is 0.283. The van der Waals surface area contributed by atoms with Crippen molar-refractivity contribution in [3.63, 3.8) is 0 Å². The highest BCUT2D eigenvalue weighted by molar-refractivity contribution is 5.36. The van der Waals surface area contributed by atoms with Gasteiger partial charge in [0.05, 0.1) is 0 Å². The van der Waals surface area contributed by atoms with Crippen molar-refractivity contribution in [1.29, 1.82) is 0 Å². The Balaban J connectivity index is 2.30. The van der Waals surface area contributed by atoms with E-state index in [2.05, 4.69) is 37.4 Å². The Morgan fingerprint density at radius 3 is 2.94 bits per heavy atom. The molecule has 1 aliphatic heterocycles. The van der Waals surface area contributed by atoms with Gasteiger partial charge in [-0.15, -0.1) is 0 Å². The van der Waals surface area contributed by atoms with Crippen molar-refractivity contribution in [1.82, 2.24) is 5.32 Å². The summed E-state index contributed by atoms with van der Waals surface area (Å²) in [6, 6.07) is 6.52. The minimum absolute atomic E-state index is 0.283. The van der Waals surface area contributed by atoms with Gasteiger partial charge in [-0.25, -0.2) is 0 Å². The maximum atomic E-state index is 9.44. The summed E-state index contributed by atoms with van der Waals surface area (Å²) in [4.78, 5) is 0. The predicted molar refractivity (Wildman–Crippen MR) is 66.7 cm³/mol. The maximum Gasteiger partial charge on any atom is 0.0477 e. The summed E-state index contributed by atoms with van der Waals surface area (Å²) in [5.74, 6) is 0.889. The van der Waals surface area contributed by atoms with Crippen LogP contribution in [0.15, 0.2) is 18.2 Å². The molecule has 0 spiro atoms. The van der Waals surface area contributed by atoms with Crippen LogP contribution in [-0.2, 0) is 0 Å². The van der Waals surface area contributed by atoms with Gasteiger partial charge in [-0.05, 0) is 49.4 Å². The molecule has 0 aliphatic carbocycles. The number of hydrogen-bond donors (Lipinski definition) is 2. The Morgan fingerprint density at radius 2 is 2.19 bits per heavy atom. The van der Waals surface area contributed by atoms with Crippen LogP contribution in [0.1, 0.15) is 29.0 Å². The van der Waals surface area contributed by atoms with Gasteiger partial charge in [-0.3, -0.25) is 0 Å². The number of rotatable bonds is 2. The highest BCUT2D eigenvalue weighted by atomic mass is 16.3. The quantitative estimate of drug-likeness (QED) is 0.797. The van der Waals surface area contributed by atoms with Crippen LogP contribution in [0.5, 0.6) is 0 Å². The van der Waals surface area contributed by atoms with Gasteiger partial charge < -0.3 is 10.4 Å². The zero-order valence-electron chi connectivity index (χ0n) is 10.2. The molecular weight excluding hydrogens is 198 g/mol. The number of hydrogen-bond acceptors (Lipinski definition) is 2. The van der Waals surface area contributed by atoms with E-state index in [0.29, 0.717) is 11.8 Å². The van der Waals surface area contributed by atoms with Gasteiger partial charge in [-0.2, -0.15) is 0 Å². The summed E-state index contributed by atoms with van der Waals surface area (Å²) in [5.41, 5.74) is 4.18. The SMILES string of the molecule is Cc1cccc(C2CCNCC2CO)c1C. The molecule has 16 heavy (non-hydrogen) atoms. The molecule has 2 nitrogen and oxygen atoms in total. The van der Waals surface area contributed by atoms with Gasteiger partial charge in [0.15, 0.2) is 0 Å². The monoisotopic (exact) mass is 219 g/mol. The number of nitrogens with one attached hydrogen (secondary N) is 1. The van der Waals surface area contributed by atoms with Crippen molar-refractivity contribution in [3.05, 3.63) is 34.9 Å². The fourth-order valence-corrected chi connectivity index (χ4v) is 2.70. The molecule has 2 heteroatoms. The van der Waals surface area contributed by atoms with E-state index in [1.54, 1.807) is 0 Å². The summed E-state index contributed by atoms with van der Waals surface area (Å²) >= 11 is 0. The summed E-state index contributed by atoms with van der Waals surface area (Å²) in [5, 5.41) is 12.8. The van der Waals surface area contributed by atoms with Crippen molar-refractivity contribution in [3.8, 4) is 0 Å². The molecule has 1 aromatic carbocycles. The molecular formula is C14H21NO. The van der Waals surface area contributed by atoms with E-state index in [-0.39, 0.29) is 6.61 Å². The van der Waals surface area contributed by atoms with Crippen LogP contribution in [-0.4, -0.2) is 24.8 Å². The molecule has 2 rings (SSSR count). The molecule has 0 radical (unpaired) electrons. The minimum Gasteiger partial charge on any atom is -0.396 e. The van der Waals surface area contributed by atoms with Crippen LogP contribution < -0.4 is 5.32 Å². The largest absolute Gasteiger partial charge is 0.396 e. The third-order valence-electron chi connectivity index (χ3n) is 3.89. The normalized spacial score (nSPS) is 25.7. The maximum absolute atomic E-state index is 9.44. The van der Waals surface area contributed by atoms with Crippen molar-refractivity contribution in [2.75, 3.05) is 19.7 Å². The lowest BCUT2D eigenvalue weighted by atomic mass is 9.79. The standard InChI is InChI=1S/C14H21NO/c1-10-4-3-5-13(11(10)2)14-6-7-15-8-12(14)9-16/h3-5,12,14-16H,6-9H2,1-2H3. The van der Waals surface area contributed by atoms with Crippen molar-refractivity contribution in [2.24, 2.45) is 5.92 Å². The first kappa shape index (κ1) is 11.6. The summed E-state index contributed by atoms with van der Waals surface area (Å²) in [6.07, 6.45) is 1.13. The van der Waals surface area contributed by atoms with E-state index in [4.69, 9.17) is 0 Å². The fourth-order valence-electron chi connectivity index (χ4n) is 2.70. The van der Waals surface area contributed by atoms with E-state index in [9.17, 15) is 5.11 Å². The summed E-state index contributed by atoms with van der Waals surface area (Å²) in [7, 11) is 0. The first-order chi connectivity index (χ1) is 7.74. The van der Waals surface area contributed by atoms with Crippen molar-refractivity contribution < 1.29 is 5.11 Å². The Kier molecular flexibility index (Phi) is 3.62. The first-order valence-corrected chi connectivity index (χ1v) is 6.11. The van der Waals surface area contributed by atoms with Crippen LogP contribution >= 0.6 is 0 Å². The predicted octanol–water partition coefficient (Wildman–Crippen LogP) is 1.99. The van der Waals surface area contributed by atoms with Gasteiger partial charge in [0.2, 0.25) is 0 Å². The second-order valence-electron chi connectivity index (χ2n) is 4.83. The Bertz CT molecular complexity index is 362. The van der Waals surface area contributed by atoms with Gasteiger partial charge in [0, 0.05) is 19.1 Å². The Hall–Kier alpha value is -0.860. The molecule has 1 fully saturated rings. The molecule has 0 aromatic heterocycles. The molecule has 1 aliphatic rings. The van der Waals surface area contributed by atoms with Crippen LogP contribution in [0.4, 0.5) is 0 Å². The van der Waals surface area contributed by atoms with Crippen LogP contribution in [0, 0.1) is 19.8 Å². The summed E-state index contributed by atoms with van der Waals surface area (Å²) < 4.78 is 0. The Morgan fingerprint density at radius 1 is 1.38 bits per heavy atom. The number of aliphatic hydroxyl groups excluding tert-OH is 1. The van der Waals surface area contributed by atoms with Crippen LogP contribution in [0.25, 0.3) is 0 Å². The fraction of sp³-hybridized carbons (Fsp3) is 0.571. The average molecular weight is 219 g/mol. The lowest BCUT2D eigenvalue weighted by Crippen LogP contribution is -2.37. The highest BCUT2D eigenvalue weighted by Crippen LogP contribution is 2.32. The van der Waals surface area contributed by atoms with E-state index in [1.807, 2.05) is 0 Å². The van der Waals surface area contributed by atoms with Crippen LogP contribution in [0.2, 0.25) is 0 Å². The average Bonchev–Trinajstić information content (AvgIpc) is 2.33. The second-order valence-corrected chi connectivity index (χ2v) is 4.83. The molecule has 1 saturated heterocycles. The molecule has 0 amide bonds. The Labute approximate surface area is 97.7 Å². The number of benzene rings is 1. The number of piperidine rings is 1. The molecule has 0 bridgehead atoms. The zero-order valence-corrected chi connectivity index (χ0v) is 10.2. The zero-order chi connectivity index (χ0) is 11.5. The molecule has 2 atom stereocenters. The number of aryl methyl sites for hydroxylation is 1. The lowest BCUT2D eigenvalue weighted by molar-refractivity contribution is 0.179. The van der Waals surface area contributed by atoms with Crippen molar-refractivity contribution in [2.45, 2.75) is 26.2 Å². The lowest BCUT2D eigenvalue weighted by Gasteiger charge is -2.32. The van der Waals surface area contributed by atoms with E-state index >= 15 is 0 Å². The smallest absolute Gasteiger partial charge is 0.0477 e. The molecule has 0 saturated carbocycles. The molecule has 88 valence electrons. The molecule has 2 N–H and O–H groups in total. The second kappa shape index (κ2) is 4.98. The number of aliphatic hydroxyl groups is 1. The van der Waals surface area contributed by atoms with Gasteiger partial charge >= 0.3 is 0 Å². The van der Waals surface area contributed by atoms with E-state index in [1.165, 1.54) is 16.7 Å². The third-order valence-corrected chi connectivity index (χ3v) is 3.89. The van der Waals surface area contributed by atoms with Crippen LogP contribution in [0.3, 0.4) is 0 Å². The van der Waals surface area contributed by atoms with Gasteiger partial charge in [0.25, 0.3) is 0 Å². The van der Waals surface area contributed by atoms with Gasteiger partial charge in [0.1, 0.15) is 0 Å². The first-order valence-electron chi connectivity index (χ1n) is 6.11. The molecule has 1 aromatic rings. The van der Waals surface area contributed by atoms with Gasteiger partial charge in [-0.1, -0.05) is 18.2 Å². The van der Waals surface area contributed by atoms with E-state index < -0.39 is 0 Å². The topological polar surface area (TPSA) is 32.3 Å². The molecule has 1 heterocycles. The van der Waals surface area contributed by atoms with Crippen molar-refractivity contribution >= 4 is 0 Å². The highest BCUT2D eigenvalue weighted by Gasteiger charge is 2.26. The summed E-state index contributed by atoms with van der Waals surface area (Å²) in [6.45, 7) is 6.64. The molecule has 2 unspecified atom stereocenters. The third kappa shape index (κ3) is 2.13. The van der Waals surface area contributed by atoms with E-state index in [0.717, 1.165) is 19.5 Å².